The van der Waals surface area contributed by atoms with Gasteiger partial charge in [0.2, 0.25) is 11.8 Å². The van der Waals surface area contributed by atoms with Gasteiger partial charge in [0, 0.05) is 29.2 Å². The van der Waals surface area contributed by atoms with E-state index in [1.54, 1.807) is 31.4 Å². The molecule has 170 valence electrons. The van der Waals surface area contributed by atoms with Crippen molar-refractivity contribution in [1.82, 2.24) is 20.3 Å². The van der Waals surface area contributed by atoms with Crippen molar-refractivity contribution in [3.05, 3.63) is 75.9 Å². The second-order valence-electron chi connectivity index (χ2n) is 7.18. The number of hydrogen-bond donors (Lipinski definition) is 1. The van der Waals surface area contributed by atoms with Crippen molar-refractivity contribution < 1.29 is 14.3 Å². The first-order valence-electron chi connectivity index (χ1n) is 10.2. The minimum Gasteiger partial charge on any atom is -0.383 e. The number of ether oxygens (including phenoxy) is 1. The van der Waals surface area contributed by atoms with E-state index in [2.05, 4.69) is 15.6 Å². The summed E-state index contributed by atoms with van der Waals surface area (Å²) >= 11 is 7.49. The lowest BCUT2D eigenvalue weighted by atomic mass is 10.1. The molecule has 33 heavy (non-hydrogen) atoms. The highest BCUT2D eigenvalue weighted by molar-refractivity contribution is 7.10. The summed E-state index contributed by atoms with van der Waals surface area (Å²) in [6.45, 7) is 0.604. The van der Waals surface area contributed by atoms with Crippen molar-refractivity contribution >= 4 is 51.5 Å². The quantitative estimate of drug-likeness (QED) is 0.367. The Morgan fingerprint density at radius 2 is 1.94 bits per heavy atom. The summed E-state index contributed by atoms with van der Waals surface area (Å²) in [6.07, 6.45) is 0. The summed E-state index contributed by atoms with van der Waals surface area (Å²) in [6, 6.07) is 17.1. The van der Waals surface area contributed by atoms with E-state index in [0.717, 1.165) is 10.4 Å². The zero-order valence-corrected chi connectivity index (χ0v) is 19.4. The van der Waals surface area contributed by atoms with Crippen LogP contribution in [0, 0.1) is 0 Å². The topological polar surface area (TPSA) is 89.4 Å². The summed E-state index contributed by atoms with van der Waals surface area (Å²) in [7, 11) is 1.56. The van der Waals surface area contributed by atoms with Crippen molar-refractivity contribution in [3.63, 3.8) is 0 Å². The highest BCUT2D eigenvalue weighted by Crippen LogP contribution is 2.32. The molecule has 0 aliphatic rings. The van der Waals surface area contributed by atoms with Gasteiger partial charge in [-0.25, -0.2) is 4.68 Å². The van der Waals surface area contributed by atoms with E-state index in [9.17, 15) is 9.59 Å². The lowest BCUT2D eigenvalue weighted by Crippen LogP contribution is -2.45. The maximum Gasteiger partial charge on any atom is 0.249 e. The average Bonchev–Trinajstić information content (AvgIpc) is 3.49. The minimum atomic E-state index is -0.870. The Hall–Kier alpha value is -3.27. The molecular formula is C23H22ClN5O3S. The number of carbonyl (C=O) groups is 2. The molecule has 10 heteroatoms. The van der Waals surface area contributed by atoms with Crippen molar-refractivity contribution in [2.24, 2.45) is 0 Å². The van der Waals surface area contributed by atoms with Crippen LogP contribution in [0.3, 0.4) is 0 Å². The Bertz CT molecular complexity index is 1230. The Kier molecular flexibility index (Phi) is 7.33. The molecule has 0 bridgehead atoms. The smallest absolute Gasteiger partial charge is 0.249 e. The van der Waals surface area contributed by atoms with Crippen molar-refractivity contribution in [2.45, 2.75) is 12.6 Å². The Morgan fingerprint density at radius 1 is 1.15 bits per heavy atom. The van der Waals surface area contributed by atoms with E-state index in [1.165, 1.54) is 20.9 Å². The molecule has 1 N–H and O–H groups in total. The van der Waals surface area contributed by atoms with E-state index in [4.69, 9.17) is 16.3 Å². The fourth-order valence-corrected chi connectivity index (χ4v) is 4.41. The van der Waals surface area contributed by atoms with Gasteiger partial charge in [-0.3, -0.25) is 14.5 Å². The van der Waals surface area contributed by atoms with E-state index in [0.29, 0.717) is 29.4 Å². The van der Waals surface area contributed by atoms with Gasteiger partial charge in [0.25, 0.3) is 0 Å². The van der Waals surface area contributed by atoms with Crippen molar-refractivity contribution in [3.8, 4) is 0 Å². The number of nitrogens with one attached hydrogen (secondary N) is 1. The Morgan fingerprint density at radius 3 is 2.67 bits per heavy atom. The van der Waals surface area contributed by atoms with Crippen LogP contribution in [0.5, 0.6) is 0 Å². The van der Waals surface area contributed by atoms with Crippen LogP contribution >= 0.6 is 22.9 Å². The molecule has 1 unspecified atom stereocenters. The molecule has 0 saturated carbocycles. The van der Waals surface area contributed by atoms with Gasteiger partial charge in [-0.2, -0.15) is 0 Å². The van der Waals surface area contributed by atoms with Crippen molar-refractivity contribution in [1.29, 1.82) is 0 Å². The molecule has 0 spiro atoms. The number of rotatable bonds is 9. The van der Waals surface area contributed by atoms with Crippen molar-refractivity contribution in [2.75, 3.05) is 25.2 Å². The lowest BCUT2D eigenvalue weighted by molar-refractivity contribution is -0.127. The number of aromatic nitrogens is 3. The number of hydrogen-bond acceptors (Lipinski definition) is 6. The van der Waals surface area contributed by atoms with Crippen LogP contribution in [0.25, 0.3) is 11.0 Å². The van der Waals surface area contributed by atoms with Crippen LogP contribution in [0.4, 0.5) is 5.69 Å². The number of carbonyl (C=O) groups excluding carboxylic acids is 2. The van der Waals surface area contributed by atoms with Gasteiger partial charge in [-0.1, -0.05) is 35.0 Å². The number of methoxy groups -OCH3 is 1. The number of anilines is 1. The number of amides is 2. The van der Waals surface area contributed by atoms with Crippen LogP contribution in [-0.4, -0.2) is 47.1 Å². The minimum absolute atomic E-state index is 0.0869. The third-order valence-electron chi connectivity index (χ3n) is 5.00. The Labute approximate surface area is 199 Å². The maximum absolute atomic E-state index is 13.7. The Balaban J connectivity index is 1.73. The van der Waals surface area contributed by atoms with Gasteiger partial charge < -0.3 is 10.1 Å². The molecule has 2 heterocycles. The van der Waals surface area contributed by atoms with Crippen LogP contribution < -0.4 is 10.2 Å². The van der Waals surface area contributed by atoms with Gasteiger partial charge in [-0.15, -0.1) is 16.4 Å². The fourth-order valence-electron chi connectivity index (χ4n) is 3.47. The average molecular weight is 484 g/mol. The standard InChI is InChI=1S/C23H22ClN5O3S/c1-32-13-12-25-23(31)22(20-7-4-14-33-20)29(17-10-8-16(24)9-11-17)21(30)15-28-19-6-3-2-5-18(19)26-27-28/h2-11,14,22H,12-13,15H2,1H3,(H,25,31). The molecule has 0 radical (unpaired) electrons. The first kappa shape index (κ1) is 22.9. The SMILES string of the molecule is COCCNC(=O)C(c1cccs1)N(C(=O)Cn1nnc2ccccc21)c1ccc(Cl)cc1. The zero-order valence-electron chi connectivity index (χ0n) is 17.8. The number of nitrogens with zero attached hydrogens (tertiary/aromatic N) is 4. The fraction of sp³-hybridized carbons (Fsp3) is 0.217. The normalized spacial score (nSPS) is 11.9. The van der Waals surface area contributed by atoms with Gasteiger partial charge in [0.05, 0.1) is 12.1 Å². The third kappa shape index (κ3) is 5.22. The molecule has 0 saturated heterocycles. The number of para-hydroxylation sites is 1. The summed E-state index contributed by atoms with van der Waals surface area (Å²) < 4.78 is 6.59. The molecule has 0 aliphatic carbocycles. The van der Waals surface area contributed by atoms with E-state index in [-0.39, 0.29) is 18.4 Å². The van der Waals surface area contributed by atoms with Gasteiger partial charge in [0.15, 0.2) is 0 Å². The maximum atomic E-state index is 13.7. The highest BCUT2D eigenvalue weighted by Gasteiger charge is 2.33. The predicted molar refractivity (Wildman–Crippen MR) is 128 cm³/mol. The predicted octanol–water partition coefficient (Wildman–Crippen LogP) is 3.68. The first-order chi connectivity index (χ1) is 16.1. The molecular weight excluding hydrogens is 462 g/mol. The van der Waals surface area contributed by atoms with Gasteiger partial charge >= 0.3 is 0 Å². The van der Waals surface area contributed by atoms with Crippen LogP contribution in [-0.2, 0) is 20.9 Å². The summed E-state index contributed by atoms with van der Waals surface area (Å²) in [5.41, 5.74) is 1.98. The summed E-state index contributed by atoms with van der Waals surface area (Å²) in [5.74, 6) is -0.616. The molecule has 2 aromatic heterocycles. The van der Waals surface area contributed by atoms with Crippen LogP contribution in [0.1, 0.15) is 10.9 Å². The molecule has 2 amide bonds. The van der Waals surface area contributed by atoms with Gasteiger partial charge in [0.1, 0.15) is 18.1 Å². The third-order valence-corrected chi connectivity index (χ3v) is 6.18. The number of halogens is 1. The number of fused-ring (bicyclic) bond motifs is 1. The lowest BCUT2D eigenvalue weighted by Gasteiger charge is -2.30. The summed E-state index contributed by atoms with van der Waals surface area (Å²) in [5, 5.41) is 13.5. The molecule has 0 aliphatic heterocycles. The number of benzene rings is 2. The second kappa shape index (κ2) is 10.6. The van der Waals surface area contributed by atoms with Gasteiger partial charge in [-0.05, 0) is 47.8 Å². The number of thiophene rings is 1. The van der Waals surface area contributed by atoms with E-state index in [1.807, 2.05) is 41.8 Å². The van der Waals surface area contributed by atoms with E-state index < -0.39 is 6.04 Å². The molecule has 1 atom stereocenters. The van der Waals surface area contributed by atoms with Crippen LogP contribution in [0.2, 0.25) is 5.02 Å². The highest BCUT2D eigenvalue weighted by atomic mass is 35.5. The molecule has 0 fully saturated rings. The molecule has 2 aromatic carbocycles. The second-order valence-corrected chi connectivity index (χ2v) is 8.59. The first-order valence-corrected chi connectivity index (χ1v) is 11.5. The van der Waals surface area contributed by atoms with E-state index >= 15 is 0 Å². The largest absolute Gasteiger partial charge is 0.383 e. The molecule has 4 rings (SSSR count). The monoisotopic (exact) mass is 483 g/mol. The zero-order chi connectivity index (χ0) is 23.2. The molecule has 8 nitrogen and oxygen atoms in total. The van der Waals surface area contributed by atoms with Crippen LogP contribution in [0.15, 0.2) is 66.0 Å². The molecule has 4 aromatic rings. The summed E-state index contributed by atoms with van der Waals surface area (Å²) in [4.78, 5) is 29.2.